The highest BCUT2D eigenvalue weighted by atomic mass is 16.6. The van der Waals surface area contributed by atoms with Crippen molar-refractivity contribution in [2.45, 2.75) is 32.6 Å². The predicted molar refractivity (Wildman–Crippen MR) is 79.5 cm³/mol. The molecule has 0 unspecified atom stereocenters. The number of carboxylic acid groups (broad SMARTS) is 1. The molecule has 1 fully saturated rings. The summed E-state index contributed by atoms with van der Waals surface area (Å²) < 4.78 is 0. The van der Waals surface area contributed by atoms with Gasteiger partial charge in [0.05, 0.1) is 10.3 Å². The molecule has 1 heterocycles. The first kappa shape index (κ1) is 15.3. The first-order chi connectivity index (χ1) is 9.98. The Balaban J connectivity index is 2.11. The van der Waals surface area contributed by atoms with Gasteiger partial charge in [-0.2, -0.15) is 0 Å². The lowest BCUT2D eigenvalue weighted by atomic mass is 9.75. The normalized spacial score (nSPS) is 17.5. The van der Waals surface area contributed by atoms with E-state index >= 15 is 0 Å². The standard InChI is InChI=1S/C15H20N2O4/c1-2-6-15(14(18)19)7-9-16(10-8-15)12-4-3-5-13(11-12)17(20)21/h3-5,11H,2,6-10H2,1H3,(H,18,19). The number of carboxylic acids is 1. The summed E-state index contributed by atoms with van der Waals surface area (Å²) >= 11 is 0. The summed E-state index contributed by atoms with van der Waals surface area (Å²) in [7, 11) is 0. The molecule has 6 heteroatoms. The van der Waals surface area contributed by atoms with E-state index in [1.807, 2.05) is 17.9 Å². The van der Waals surface area contributed by atoms with Gasteiger partial charge in [0.1, 0.15) is 0 Å². The first-order valence-electron chi connectivity index (χ1n) is 7.21. The van der Waals surface area contributed by atoms with E-state index < -0.39 is 16.3 Å². The molecule has 21 heavy (non-hydrogen) atoms. The van der Waals surface area contributed by atoms with Crippen molar-refractivity contribution in [2.24, 2.45) is 5.41 Å². The van der Waals surface area contributed by atoms with Crippen molar-refractivity contribution in [1.29, 1.82) is 0 Å². The summed E-state index contributed by atoms with van der Waals surface area (Å²) in [6, 6.07) is 6.51. The van der Waals surface area contributed by atoms with Crippen LogP contribution in [0.25, 0.3) is 0 Å². The molecule has 0 atom stereocenters. The number of carbonyl (C=O) groups is 1. The van der Waals surface area contributed by atoms with E-state index in [0.29, 0.717) is 32.4 Å². The third kappa shape index (κ3) is 3.15. The Hall–Kier alpha value is -2.11. The SMILES string of the molecule is CCCC1(C(=O)O)CCN(c2cccc([N+](=O)[O-])c2)CC1. The third-order valence-electron chi connectivity index (χ3n) is 4.31. The fraction of sp³-hybridized carbons (Fsp3) is 0.533. The van der Waals surface area contributed by atoms with E-state index in [-0.39, 0.29) is 5.69 Å². The van der Waals surface area contributed by atoms with Crippen LogP contribution in [0.15, 0.2) is 24.3 Å². The molecule has 6 nitrogen and oxygen atoms in total. The zero-order valence-electron chi connectivity index (χ0n) is 12.1. The molecule has 2 rings (SSSR count). The third-order valence-corrected chi connectivity index (χ3v) is 4.31. The van der Waals surface area contributed by atoms with E-state index in [0.717, 1.165) is 12.1 Å². The van der Waals surface area contributed by atoms with Crippen LogP contribution >= 0.6 is 0 Å². The summed E-state index contributed by atoms with van der Waals surface area (Å²) in [6.07, 6.45) is 2.70. The van der Waals surface area contributed by atoms with Crippen LogP contribution in [0.3, 0.4) is 0 Å². The lowest BCUT2D eigenvalue weighted by Gasteiger charge is -2.39. The van der Waals surface area contributed by atoms with Crippen LogP contribution in [0.5, 0.6) is 0 Å². The Kier molecular flexibility index (Phi) is 4.45. The number of nitro groups is 1. The van der Waals surface area contributed by atoms with Crippen molar-refractivity contribution >= 4 is 17.3 Å². The summed E-state index contributed by atoms with van der Waals surface area (Å²) in [6.45, 7) is 3.23. The maximum atomic E-state index is 11.5. The molecule has 1 aromatic carbocycles. The minimum Gasteiger partial charge on any atom is -0.481 e. The smallest absolute Gasteiger partial charge is 0.309 e. The number of non-ortho nitro benzene ring substituents is 1. The van der Waals surface area contributed by atoms with Crippen molar-refractivity contribution in [3.8, 4) is 0 Å². The van der Waals surface area contributed by atoms with Gasteiger partial charge in [-0.3, -0.25) is 14.9 Å². The van der Waals surface area contributed by atoms with Gasteiger partial charge in [0, 0.05) is 30.9 Å². The van der Waals surface area contributed by atoms with Crippen molar-refractivity contribution in [2.75, 3.05) is 18.0 Å². The second-order valence-corrected chi connectivity index (χ2v) is 5.60. The Labute approximate surface area is 123 Å². The molecule has 0 radical (unpaired) electrons. The van der Waals surface area contributed by atoms with Crippen molar-refractivity contribution in [3.63, 3.8) is 0 Å². The fourth-order valence-electron chi connectivity index (χ4n) is 3.05. The number of rotatable bonds is 5. The second-order valence-electron chi connectivity index (χ2n) is 5.60. The first-order valence-corrected chi connectivity index (χ1v) is 7.21. The number of anilines is 1. The van der Waals surface area contributed by atoms with E-state index in [1.54, 1.807) is 12.1 Å². The Morgan fingerprint density at radius 3 is 2.62 bits per heavy atom. The maximum absolute atomic E-state index is 11.5. The number of hydrogen-bond acceptors (Lipinski definition) is 4. The molecule has 0 spiro atoms. The van der Waals surface area contributed by atoms with Gasteiger partial charge in [0.15, 0.2) is 0 Å². The number of piperidine rings is 1. The van der Waals surface area contributed by atoms with Gasteiger partial charge >= 0.3 is 5.97 Å². The van der Waals surface area contributed by atoms with Gasteiger partial charge in [-0.1, -0.05) is 19.4 Å². The number of nitro benzene ring substituents is 1. The summed E-state index contributed by atoms with van der Waals surface area (Å²) in [5, 5.41) is 20.3. The highest BCUT2D eigenvalue weighted by molar-refractivity contribution is 5.75. The van der Waals surface area contributed by atoms with Gasteiger partial charge < -0.3 is 10.0 Å². The van der Waals surface area contributed by atoms with Gasteiger partial charge in [-0.15, -0.1) is 0 Å². The molecule has 1 saturated heterocycles. The van der Waals surface area contributed by atoms with E-state index in [2.05, 4.69) is 0 Å². The summed E-state index contributed by atoms with van der Waals surface area (Å²) in [4.78, 5) is 24.0. The van der Waals surface area contributed by atoms with Crippen LogP contribution in [-0.2, 0) is 4.79 Å². The Bertz CT molecular complexity index is 536. The molecule has 0 aliphatic carbocycles. The fourth-order valence-corrected chi connectivity index (χ4v) is 3.05. The minimum atomic E-state index is -0.719. The Morgan fingerprint density at radius 2 is 2.10 bits per heavy atom. The van der Waals surface area contributed by atoms with Gasteiger partial charge in [0.25, 0.3) is 5.69 Å². The molecule has 114 valence electrons. The summed E-state index contributed by atoms with van der Waals surface area (Å²) in [5.74, 6) is -0.719. The average Bonchev–Trinajstić information content (AvgIpc) is 2.48. The topological polar surface area (TPSA) is 83.7 Å². The lowest BCUT2D eigenvalue weighted by molar-refractivity contribution is -0.384. The van der Waals surface area contributed by atoms with Gasteiger partial charge in [-0.25, -0.2) is 0 Å². The van der Waals surface area contributed by atoms with Gasteiger partial charge in [0.2, 0.25) is 0 Å². The minimum absolute atomic E-state index is 0.0659. The van der Waals surface area contributed by atoms with E-state index in [1.165, 1.54) is 6.07 Å². The van der Waals surface area contributed by atoms with Crippen LogP contribution in [0.2, 0.25) is 0 Å². The quantitative estimate of drug-likeness (QED) is 0.666. The molecular weight excluding hydrogens is 272 g/mol. The largest absolute Gasteiger partial charge is 0.481 e. The zero-order valence-corrected chi connectivity index (χ0v) is 12.1. The molecule has 0 saturated carbocycles. The molecule has 0 amide bonds. The van der Waals surface area contributed by atoms with Crippen LogP contribution in [-0.4, -0.2) is 29.1 Å². The van der Waals surface area contributed by atoms with Crippen LogP contribution in [0.1, 0.15) is 32.6 Å². The second kappa shape index (κ2) is 6.11. The van der Waals surface area contributed by atoms with E-state index in [9.17, 15) is 20.0 Å². The summed E-state index contributed by atoms with van der Waals surface area (Å²) in [5.41, 5.74) is 0.224. The molecule has 0 aromatic heterocycles. The maximum Gasteiger partial charge on any atom is 0.309 e. The number of benzene rings is 1. The Morgan fingerprint density at radius 1 is 1.43 bits per heavy atom. The van der Waals surface area contributed by atoms with Crippen LogP contribution in [0.4, 0.5) is 11.4 Å². The highest BCUT2D eigenvalue weighted by Crippen LogP contribution is 2.38. The molecular formula is C15H20N2O4. The lowest BCUT2D eigenvalue weighted by Crippen LogP contribution is -2.44. The molecule has 0 bridgehead atoms. The molecule has 1 N–H and O–H groups in total. The number of aliphatic carboxylic acids is 1. The molecule has 1 aliphatic rings. The monoisotopic (exact) mass is 292 g/mol. The van der Waals surface area contributed by atoms with Gasteiger partial charge in [-0.05, 0) is 25.3 Å². The van der Waals surface area contributed by atoms with Crippen LogP contribution in [0, 0.1) is 15.5 Å². The van der Waals surface area contributed by atoms with Crippen molar-refractivity contribution in [3.05, 3.63) is 34.4 Å². The highest BCUT2D eigenvalue weighted by Gasteiger charge is 2.40. The average molecular weight is 292 g/mol. The van der Waals surface area contributed by atoms with Crippen molar-refractivity contribution < 1.29 is 14.8 Å². The van der Waals surface area contributed by atoms with Crippen molar-refractivity contribution in [1.82, 2.24) is 0 Å². The number of hydrogen-bond donors (Lipinski definition) is 1. The van der Waals surface area contributed by atoms with E-state index in [4.69, 9.17) is 0 Å². The predicted octanol–water partition coefficient (Wildman–Crippen LogP) is 3.07. The number of nitrogens with zero attached hydrogens (tertiary/aromatic N) is 2. The molecule has 1 aliphatic heterocycles. The molecule has 1 aromatic rings. The van der Waals surface area contributed by atoms with Crippen LogP contribution < -0.4 is 4.90 Å². The zero-order chi connectivity index (χ0) is 15.5.